The molecule has 8 heteroatoms. The highest BCUT2D eigenvalue weighted by Crippen LogP contribution is 2.36. The number of hydrogen-bond acceptors (Lipinski definition) is 7. The largest absolute Gasteiger partial charge is 0.496 e. The maximum absolute atomic E-state index is 12.8. The highest BCUT2D eigenvalue weighted by molar-refractivity contribution is 5.95. The normalized spacial score (nSPS) is 20.5. The highest BCUT2D eigenvalue weighted by Gasteiger charge is 2.40. The number of rotatable bonds is 8. The fourth-order valence-electron chi connectivity index (χ4n) is 3.04. The van der Waals surface area contributed by atoms with E-state index in [0.717, 1.165) is 5.56 Å². The SMILES string of the molecule is CCOC(=O)COc1ccc(NC(=O)C2(C)COC(c3ccccc3OC)OC2)cc1. The Balaban J connectivity index is 1.54. The Bertz CT molecular complexity index is 889. The predicted molar refractivity (Wildman–Crippen MR) is 113 cm³/mol. The molecule has 2 aromatic rings. The van der Waals surface area contributed by atoms with Crippen LogP contribution < -0.4 is 14.8 Å². The van der Waals surface area contributed by atoms with Crippen LogP contribution in [0.15, 0.2) is 48.5 Å². The van der Waals surface area contributed by atoms with Crippen molar-refractivity contribution in [3.05, 3.63) is 54.1 Å². The molecule has 3 rings (SSSR count). The fraction of sp³-hybridized carbons (Fsp3) is 0.391. The summed E-state index contributed by atoms with van der Waals surface area (Å²) in [6.45, 7) is 4.05. The first-order valence-electron chi connectivity index (χ1n) is 10.0. The van der Waals surface area contributed by atoms with Gasteiger partial charge in [-0.25, -0.2) is 4.79 Å². The number of carbonyl (C=O) groups excluding carboxylic acids is 2. The van der Waals surface area contributed by atoms with Crippen LogP contribution in [0, 0.1) is 5.41 Å². The third-order valence-corrected chi connectivity index (χ3v) is 4.82. The van der Waals surface area contributed by atoms with E-state index >= 15 is 0 Å². The van der Waals surface area contributed by atoms with Gasteiger partial charge in [0.2, 0.25) is 5.91 Å². The van der Waals surface area contributed by atoms with Gasteiger partial charge in [-0.1, -0.05) is 18.2 Å². The number of methoxy groups -OCH3 is 1. The van der Waals surface area contributed by atoms with E-state index in [4.69, 9.17) is 23.7 Å². The molecule has 0 spiro atoms. The van der Waals surface area contributed by atoms with Crippen LogP contribution >= 0.6 is 0 Å². The molecule has 0 atom stereocenters. The number of para-hydroxylation sites is 1. The van der Waals surface area contributed by atoms with Crippen LogP contribution in [-0.4, -0.2) is 45.4 Å². The van der Waals surface area contributed by atoms with Crippen LogP contribution in [0.1, 0.15) is 25.7 Å². The van der Waals surface area contributed by atoms with Crippen LogP contribution in [0.3, 0.4) is 0 Å². The Kier molecular flexibility index (Phi) is 7.49. The lowest BCUT2D eigenvalue weighted by Crippen LogP contribution is -2.45. The highest BCUT2D eigenvalue weighted by atomic mass is 16.7. The van der Waals surface area contributed by atoms with Gasteiger partial charge < -0.3 is 29.0 Å². The second kappa shape index (κ2) is 10.3. The molecule has 31 heavy (non-hydrogen) atoms. The van der Waals surface area contributed by atoms with Crippen molar-refractivity contribution in [3.8, 4) is 11.5 Å². The van der Waals surface area contributed by atoms with Crippen LogP contribution in [0.4, 0.5) is 5.69 Å². The average molecular weight is 429 g/mol. The lowest BCUT2D eigenvalue weighted by molar-refractivity contribution is -0.226. The van der Waals surface area contributed by atoms with E-state index < -0.39 is 17.7 Å². The standard InChI is InChI=1S/C23H27NO7/c1-4-28-20(25)13-29-17-11-9-16(10-12-17)24-22(26)23(2)14-30-21(31-15-23)18-7-5-6-8-19(18)27-3/h5-12,21H,4,13-15H2,1-3H3,(H,24,26). The molecular formula is C23H27NO7. The fourth-order valence-corrected chi connectivity index (χ4v) is 3.04. The Morgan fingerprint density at radius 2 is 1.77 bits per heavy atom. The first-order valence-corrected chi connectivity index (χ1v) is 10.0. The summed E-state index contributed by atoms with van der Waals surface area (Å²) in [5.41, 5.74) is 0.532. The van der Waals surface area contributed by atoms with Crippen molar-refractivity contribution in [2.45, 2.75) is 20.1 Å². The molecule has 1 saturated heterocycles. The lowest BCUT2D eigenvalue weighted by atomic mass is 9.90. The average Bonchev–Trinajstić information content (AvgIpc) is 2.79. The Labute approximate surface area is 181 Å². The summed E-state index contributed by atoms with van der Waals surface area (Å²) < 4.78 is 27.2. The molecule has 1 N–H and O–H groups in total. The molecule has 0 aromatic heterocycles. The Hall–Kier alpha value is -3.10. The number of benzene rings is 2. The molecule has 1 aliphatic rings. The van der Waals surface area contributed by atoms with Gasteiger partial charge >= 0.3 is 5.97 Å². The van der Waals surface area contributed by atoms with Gasteiger partial charge in [-0.2, -0.15) is 0 Å². The first kappa shape index (κ1) is 22.6. The van der Waals surface area contributed by atoms with Gasteiger partial charge in [-0.15, -0.1) is 0 Å². The lowest BCUT2D eigenvalue weighted by Gasteiger charge is -2.36. The molecule has 0 saturated carbocycles. The van der Waals surface area contributed by atoms with Crippen LogP contribution in [-0.2, 0) is 23.8 Å². The van der Waals surface area contributed by atoms with E-state index in [1.165, 1.54) is 0 Å². The second-order valence-corrected chi connectivity index (χ2v) is 7.33. The maximum Gasteiger partial charge on any atom is 0.344 e. The summed E-state index contributed by atoms with van der Waals surface area (Å²) in [5, 5.41) is 2.87. The number of amides is 1. The van der Waals surface area contributed by atoms with E-state index in [1.807, 2.05) is 24.3 Å². The topological polar surface area (TPSA) is 92.3 Å². The van der Waals surface area contributed by atoms with Gasteiger partial charge in [-0.05, 0) is 44.2 Å². The zero-order chi connectivity index (χ0) is 22.3. The van der Waals surface area contributed by atoms with Gasteiger partial charge in [0.05, 0.1) is 32.3 Å². The summed E-state index contributed by atoms with van der Waals surface area (Å²) in [6, 6.07) is 14.2. The minimum absolute atomic E-state index is 0.167. The molecule has 0 bridgehead atoms. The number of carbonyl (C=O) groups is 2. The van der Waals surface area contributed by atoms with Gasteiger partial charge in [0, 0.05) is 11.3 Å². The van der Waals surface area contributed by atoms with Crippen molar-refractivity contribution in [2.24, 2.45) is 5.41 Å². The predicted octanol–water partition coefficient (Wildman–Crippen LogP) is 3.33. The zero-order valence-corrected chi connectivity index (χ0v) is 17.9. The van der Waals surface area contributed by atoms with Gasteiger partial charge in [0.25, 0.3) is 0 Å². The molecule has 0 radical (unpaired) electrons. The van der Waals surface area contributed by atoms with E-state index in [0.29, 0.717) is 23.8 Å². The molecule has 1 aliphatic heterocycles. The van der Waals surface area contributed by atoms with Crippen molar-refractivity contribution in [1.82, 2.24) is 0 Å². The molecule has 2 aromatic carbocycles. The number of anilines is 1. The Morgan fingerprint density at radius 1 is 1.10 bits per heavy atom. The molecule has 1 heterocycles. The van der Waals surface area contributed by atoms with E-state index in [-0.39, 0.29) is 25.7 Å². The van der Waals surface area contributed by atoms with Gasteiger partial charge in [-0.3, -0.25) is 4.79 Å². The van der Waals surface area contributed by atoms with Gasteiger partial charge in [0.15, 0.2) is 12.9 Å². The number of hydrogen-bond donors (Lipinski definition) is 1. The molecule has 1 fully saturated rings. The maximum atomic E-state index is 12.8. The molecule has 0 aliphatic carbocycles. The van der Waals surface area contributed by atoms with Crippen molar-refractivity contribution < 1.29 is 33.3 Å². The smallest absolute Gasteiger partial charge is 0.344 e. The molecule has 1 amide bonds. The summed E-state index contributed by atoms with van der Waals surface area (Å²) >= 11 is 0. The summed E-state index contributed by atoms with van der Waals surface area (Å²) in [5.74, 6) is 0.523. The van der Waals surface area contributed by atoms with Crippen LogP contribution in [0.25, 0.3) is 0 Å². The molecule has 8 nitrogen and oxygen atoms in total. The third-order valence-electron chi connectivity index (χ3n) is 4.82. The first-order chi connectivity index (χ1) is 14.9. The second-order valence-electron chi connectivity index (χ2n) is 7.33. The van der Waals surface area contributed by atoms with Crippen molar-refractivity contribution >= 4 is 17.6 Å². The summed E-state index contributed by atoms with van der Waals surface area (Å²) in [7, 11) is 1.59. The number of ether oxygens (including phenoxy) is 5. The van der Waals surface area contributed by atoms with Crippen LogP contribution in [0.2, 0.25) is 0 Å². The Morgan fingerprint density at radius 3 is 2.42 bits per heavy atom. The minimum Gasteiger partial charge on any atom is -0.496 e. The monoisotopic (exact) mass is 429 g/mol. The van der Waals surface area contributed by atoms with E-state index in [2.05, 4.69) is 5.32 Å². The third kappa shape index (κ3) is 5.74. The summed E-state index contributed by atoms with van der Waals surface area (Å²) in [6.07, 6.45) is -0.590. The minimum atomic E-state index is -0.850. The molecule has 166 valence electrons. The summed E-state index contributed by atoms with van der Waals surface area (Å²) in [4.78, 5) is 24.2. The number of nitrogens with one attached hydrogen (secondary N) is 1. The number of esters is 1. The molecule has 0 unspecified atom stereocenters. The van der Waals surface area contributed by atoms with Crippen molar-refractivity contribution in [3.63, 3.8) is 0 Å². The van der Waals surface area contributed by atoms with Crippen molar-refractivity contribution in [1.29, 1.82) is 0 Å². The van der Waals surface area contributed by atoms with Gasteiger partial charge in [0.1, 0.15) is 11.5 Å². The van der Waals surface area contributed by atoms with E-state index in [9.17, 15) is 9.59 Å². The quantitative estimate of drug-likeness (QED) is 0.644. The van der Waals surface area contributed by atoms with E-state index in [1.54, 1.807) is 45.2 Å². The van der Waals surface area contributed by atoms with Crippen molar-refractivity contribution in [2.75, 3.05) is 38.9 Å². The van der Waals surface area contributed by atoms with Crippen LogP contribution in [0.5, 0.6) is 11.5 Å². The molecular weight excluding hydrogens is 402 g/mol. The zero-order valence-electron chi connectivity index (χ0n) is 17.9.